The van der Waals surface area contributed by atoms with Crippen LogP contribution in [0.5, 0.6) is 0 Å². The number of hydrogen-bond acceptors (Lipinski definition) is 2. The van der Waals surface area contributed by atoms with Crippen LogP contribution in [0.15, 0.2) is 41.1 Å². The maximum Gasteiger partial charge on any atom is 0.124 e. The van der Waals surface area contributed by atoms with Gasteiger partial charge in [-0.2, -0.15) is 0 Å². The summed E-state index contributed by atoms with van der Waals surface area (Å²) < 4.78 is 13.8. The fourth-order valence-electron chi connectivity index (χ4n) is 1.94. The van der Waals surface area contributed by atoms with E-state index in [2.05, 4.69) is 26.2 Å². The molecule has 0 radical (unpaired) electrons. The van der Waals surface area contributed by atoms with Gasteiger partial charge in [-0.3, -0.25) is 4.98 Å². The third kappa shape index (κ3) is 3.53. The van der Waals surface area contributed by atoms with Gasteiger partial charge >= 0.3 is 0 Å². The molecule has 1 aromatic heterocycles. The highest BCUT2D eigenvalue weighted by Crippen LogP contribution is 2.27. The first-order valence-electron chi connectivity index (χ1n) is 5.82. The highest BCUT2D eigenvalue weighted by atomic mass is 79.9. The average molecular weight is 344 g/mol. The lowest BCUT2D eigenvalue weighted by molar-refractivity contribution is 0.587. The largest absolute Gasteiger partial charge is 0.313 e. The number of nitrogens with zero attached hydrogens (tertiary/aromatic N) is 1. The standard InChI is InChI=1S/C14H13BrClFN2/c1-18-14(11-4-5-19-8-13(11)16)6-9-2-3-10(17)7-12(9)15/h2-5,7-8,14,18H,6H2,1H3. The summed E-state index contributed by atoms with van der Waals surface area (Å²) in [6.45, 7) is 0. The first-order chi connectivity index (χ1) is 9.11. The molecule has 2 nitrogen and oxygen atoms in total. The fraction of sp³-hybridized carbons (Fsp3) is 0.214. The van der Waals surface area contributed by atoms with Crippen molar-refractivity contribution in [3.63, 3.8) is 0 Å². The summed E-state index contributed by atoms with van der Waals surface area (Å²) in [6, 6.07) is 6.65. The second-order valence-corrected chi connectivity index (χ2v) is 5.44. The van der Waals surface area contributed by atoms with E-state index in [4.69, 9.17) is 11.6 Å². The van der Waals surface area contributed by atoms with Crippen molar-refractivity contribution in [2.45, 2.75) is 12.5 Å². The van der Waals surface area contributed by atoms with Crippen molar-refractivity contribution < 1.29 is 4.39 Å². The van der Waals surface area contributed by atoms with E-state index in [1.165, 1.54) is 12.1 Å². The molecule has 0 bridgehead atoms. The minimum atomic E-state index is -0.251. The number of likely N-dealkylation sites (N-methyl/N-ethyl adjacent to an activating group) is 1. The number of hydrogen-bond donors (Lipinski definition) is 1. The summed E-state index contributed by atoms with van der Waals surface area (Å²) in [7, 11) is 1.87. The van der Waals surface area contributed by atoms with E-state index in [9.17, 15) is 4.39 Å². The Kier molecular flexibility index (Phi) is 4.91. The van der Waals surface area contributed by atoms with Crippen LogP contribution < -0.4 is 5.32 Å². The van der Waals surface area contributed by atoms with Gasteiger partial charge in [0.1, 0.15) is 5.82 Å². The molecule has 1 N–H and O–H groups in total. The molecule has 1 atom stereocenters. The SMILES string of the molecule is CNC(Cc1ccc(F)cc1Br)c1ccncc1Cl. The maximum absolute atomic E-state index is 13.1. The first kappa shape index (κ1) is 14.4. The van der Waals surface area contributed by atoms with Crippen LogP contribution in [0.1, 0.15) is 17.2 Å². The molecule has 5 heteroatoms. The molecule has 0 aliphatic heterocycles. The van der Waals surface area contributed by atoms with Gasteiger partial charge < -0.3 is 5.32 Å². The lowest BCUT2D eigenvalue weighted by Gasteiger charge is -2.18. The third-order valence-electron chi connectivity index (χ3n) is 2.97. The van der Waals surface area contributed by atoms with Gasteiger partial charge in [-0.05, 0) is 42.8 Å². The number of nitrogens with one attached hydrogen (secondary N) is 1. The first-order valence-corrected chi connectivity index (χ1v) is 6.99. The highest BCUT2D eigenvalue weighted by Gasteiger charge is 2.15. The van der Waals surface area contributed by atoms with Crippen molar-refractivity contribution in [1.82, 2.24) is 10.3 Å². The Morgan fingerprint density at radius 2 is 2.21 bits per heavy atom. The van der Waals surface area contributed by atoms with Crippen LogP contribution in [-0.2, 0) is 6.42 Å². The molecule has 100 valence electrons. The molecular weight excluding hydrogens is 331 g/mol. The molecule has 0 amide bonds. The topological polar surface area (TPSA) is 24.9 Å². The van der Waals surface area contributed by atoms with Crippen molar-refractivity contribution in [2.75, 3.05) is 7.05 Å². The average Bonchev–Trinajstić information content (AvgIpc) is 2.39. The van der Waals surface area contributed by atoms with Crippen LogP contribution in [0, 0.1) is 5.82 Å². The monoisotopic (exact) mass is 342 g/mol. The van der Waals surface area contributed by atoms with Gasteiger partial charge in [0, 0.05) is 22.9 Å². The normalized spacial score (nSPS) is 12.4. The predicted molar refractivity (Wildman–Crippen MR) is 78.9 cm³/mol. The lowest BCUT2D eigenvalue weighted by atomic mass is 10.00. The van der Waals surface area contributed by atoms with E-state index in [0.717, 1.165) is 15.6 Å². The van der Waals surface area contributed by atoms with Crippen molar-refractivity contribution in [3.8, 4) is 0 Å². The number of benzene rings is 1. The van der Waals surface area contributed by atoms with E-state index in [1.807, 2.05) is 13.1 Å². The summed E-state index contributed by atoms with van der Waals surface area (Å²) in [5.74, 6) is -0.251. The summed E-state index contributed by atoms with van der Waals surface area (Å²) >= 11 is 9.54. The molecular formula is C14H13BrClFN2. The van der Waals surface area contributed by atoms with E-state index >= 15 is 0 Å². The molecule has 19 heavy (non-hydrogen) atoms. The minimum Gasteiger partial charge on any atom is -0.313 e. The van der Waals surface area contributed by atoms with Gasteiger partial charge in [-0.1, -0.05) is 33.6 Å². The van der Waals surface area contributed by atoms with Gasteiger partial charge in [-0.15, -0.1) is 0 Å². The molecule has 0 saturated carbocycles. The maximum atomic E-state index is 13.1. The Labute approximate surface area is 125 Å². The van der Waals surface area contributed by atoms with Gasteiger partial charge in [0.25, 0.3) is 0 Å². The molecule has 2 aromatic rings. The van der Waals surface area contributed by atoms with E-state index in [-0.39, 0.29) is 11.9 Å². The van der Waals surface area contributed by atoms with Gasteiger partial charge in [0.2, 0.25) is 0 Å². The minimum absolute atomic E-state index is 0.0530. The van der Waals surface area contributed by atoms with Crippen molar-refractivity contribution in [1.29, 1.82) is 0 Å². The Morgan fingerprint density at radius 1 is 1.42 bits per heavy atom. The fourth-order valence-corrected chi connectivity index (χ4v) is 2.71. The molecule has 2 rings (SSSR count). The zero-order valence-electron chi connectivity index (χ0n) is 10.3. The zero-order valence-corrected chi connectivity index (χ0v) is 12.7. The summed E-state index contributed by atoms with van der Waals surface area (Å²) in [5.41, 5.74) is 2.00. The van der Waals surface area contributed by atoms with Gasteiger partial charge in [0.15, 0.2) is 0 Å². The third-order valence-corrected chi connectivity index (χ3v) is 4.02. The molecule has 0 aliphatic rings. The lowest BCUT2D eigenvalue weighted by Crippen LogP contribution is -2.19. The number of pyridine rings is 1. The Hall–Kier alpha value is -0.970. The van der Waals surface area contributed by atoms with E-state index in [1.54, 1.807) is 18.5 Å². The van der Waals surface area contributed by atoms with Crippen LogP contribution in [0.2, 0.25) is 5.02 Å². The molecule has 1 unspecified atom stereocenters. The van der Waals surface area contributed by atoms with Gasteiger partial charge in [-0.25, -0.2) is 4.39 Å². The van der Waals surface area contributed by atoms with Crippen LogP contribution in [-0.4, -0.2) is 12.0 Å². The van der Waals surface area contributed by atoms with Crippen LogP contribution in [0.4, 0.5) is 4.39 Å². The Bertz CT molecular complexity index is 577. The molecule has 0 spiro atoms. The molecule has 0 fully saturated rings. The van der Waals surface area contributed by atoms with Crippen molar-refractivity contribution in [3.05, 3.63) is 63.1 Å². The molecule has 0 aliphatic carbocycles. The number of halogens is 3. The van der Waals surface area contributed by atoms with E-state index < -0.39 is 0 Å². The molecule has 0 saturated heterocycles. The smallest absolute Gasteiger partial charge is 0.124 e. The summed E-state index contributed by atoms with van der Waals surface area (Å²) in [5, 5.41) is 3.85. The number of aromatic nitrogens is 1. The van der Waals surface area contributed by atoms with Crippen LogP contribution in [0.25, 0.3) is 0 Å². The molecule has 1 aromatic carbocycles. The highest BCUT2D eigenvalue weighted by molar-refractivity contribution is 9.10. The summed E-state index contributed by atoms with van der Waals surface area (Å²) in [6.07, 6.45) is 4.05. The van der Waals surface area contributed by atoms with E-state index in [0.29, 0.717) is 11.4 Å². The summed E-state index contributed by atoms with van der Waals surface area (Å²) in [4.78, 5) is 3.98. The zero-order chi connectivity index (χ0) is 13.8. The van der Waals surface area contributed by atoms with Crippen molar-refractivity contribution in [2.24, 2.45) is 0 Å². The van der Waals surface area contributed by atoms with Gasteiger partial charge in [0.05, 0.1) is 5.02 Å². The Balaban J connectivity index is 2.27. The second kappa shape index (κ2) is 6.46. The predicted octanol–water partition coefficient (Wildman–Crippen LogP) is 4.14. The second-order valence-electron chi connectivity index (χ2n) is 4.18. The quantitative estimate of drug-likeness (QED) is 0.902. The van der Waals surface area contributed by atoms with Crippen molar-refractivity contribution >= 4 is 27.5 Å². The van der Waals surface area contributed by atoms with Crippen LogP contribution in [0.3, 0.4) is 0 Å². The Morgan fingerprint density at radius 3 is 2.84 bits per heavy atom. The number of rotatable bonds is 4. The molecule has 1 heterocycles. The van der Waals surface area contributed by atoms with Crippen LogP contribution >= 0.6 is 27.5 Å².